The highest BCUT2D eigenvalue weighted by molar-refractivity contribution is 6.66. The summed E-state index contributed by atoms with van der Waals surface area (Å²) in [4.78, 5) is 35.1. The fourth-order valence-electron chi connectivity index (χ4n) is 5.52. The molecule has 1 fully saturated rings. The van der Waals surface area contributed by atoms with Gasteiger partial charge in [-0.05, 0) is 49.7 Å². The van der Waals surface area contributed by atoms with Gasteiger partial charge >= 0.3 is 5.69 Å². The number of benzene rings is 1. The van der Waals surface area contributed by atoms with E-state index in [-0.39, 0.29) is 17.7 Å². The molecule has 1 saturated carbocycles. The Hall–Kier alpha value is -3.00. The van der Waals surface area contributed by atoms with Gasteiger partial charge in [0, 0.05) is 31.5 Å². The number of nitrogens with zero attached hydrogens (tertiary/aromatic N) is 5. The number of unbranched alkanes of at least 4 members (excludes halogenated alkanes) is 2. The molecule has 3 aromatic rings. The number of halogens is 1. The third-order valence-electron chi connectivity index (χ3n) is 7.51. The Balaban J connectivity index is 1.25. The molecular formula is C28H34ClN5O3. The summed E-state index contributed by atoms with van der Waals surface area (Å²) in [6, 6.07) is 8.36. The summed E-state index contributed by atoms with van der Waals surface area (Å²) >= 11 is 6.12. The van der Waals surface area contributed by atoms with Crippen LogP contribution in [0.3, 0.4) is 0 Å². The third kappa shape index (κ3) is 5.49. The Morgan fingerprint density at radius 3 is 2.62 bits per heavy atom. The number of hydrogen-bond donors (Lipinski definition) is 0. The molecule has 2 aliphatic rings. The second-order valence-corrected chi connectivity index (χ2v) is 10.5. The molecule has 0 spiro atoms. The first-order chi connectivity index (χ1) is 18.1. The molecule has 1 aliphatic heterocycles. The average Bonchev–Trinajstić information content (AvgIpc) is 3.55. The molecule has 1 aromatic carbocycles. The quantitative estimate of drug-likeness (QED) is 0.315. The van der Waals surface area contributed by atoms with E-state index in [0.717, 1.165) is 24.8 Å². The van der Waals surface area contributed by atoms with Gasteiger partial charge in [-0.1, -0.05) is 67.6 Å². The van der Waals surface area contributed by atoms with Crippen LogP contribution in [0.4, 0.5) is 5.82 Å². The van der Waals surface area contributed by atoms with E-state index >= 15 is 0 Å². The standard InChI is InChI=1S/C28H34ClN5O3/c1-2-3-16-33-25-22(18-23(29)30-25)27(35)34(28(33)36)17-10-9-15-24-31-26(37-32-24)21-14-8-7-13-20(21)19-11-5-4-6-12-19/h7-8,13-14,19H,2-6,9-12,15-18H2,1H3. The van der Waals surface area contributed by atoms with Gasteiger partial charge in [-0.25, -0.2) is 9.79 Å². The highest BCUT2D eigenvalue weighted by atomic mass is 35.5. The Labute approximate surface area is 221 Å². The molecule has 3 heterocycles. The minimum absolute atomic E-state index is 0.284. The van der Waals surface area contributed by atoms with Crippen molar-refractivity contribution in [3.05, 3.63) is 62.1 Å². The van der Waals surface area contributed by atoms with E-state index in [9.17, 15) is 9.59 Å². The predicted octanol–water partition coefficient (Wildman–Crippen LogP) is 5.76. The fraction of sp³-hybridized carbons (Fsp3) is 0.536. The van der Waals surface area contributed by atoms with Crippen LogP contribution in [-0.2, 0) is 25.9 Å². The molecule has 0 amide bonds. The number of aliphatic imine (C=N–C) groups is 1. The van der Waals surface area contributed by atoms with E-state index in [2.05, 4.69) is 40.3 Å². The lowest BCUT2D eigenvalue weighted by molar-refractivity contribution is 0.416. The first-order valence-electron chi connectivity index (χ1n) is 13.6. The number of fused-ring (bicyclic) bond motifs is 1. The lowest BCUT2D eigenvalue weighted by atomic mass is 9.82. The third-order valence-corrected chi connectivity index (χ3v) is 7.73. The maximum Gasteiger partial charge on any atom is 0.332 e. The largest absolute Gasteiger partial charge is 0.334 e. The van der Waals surface area contributed by atoms with Crippen LogP contribution in [0.15, 0.2) is 43.4 Å². The van der Waals surface area contributed by atoms with Crippen molar-refractivity contribution in [3.63, 3.8) is 0 Å². The summed E-state index contributed by atoms with van der Waals surface area (Å²) in [7, 11) is 0. The minimum atomic E-state index is -0.312. The van der Waals surface area contributed by atoms with E-state index in [1.54, 1.807) is 4.57 Å². The number of aromatic nitrogens is 4. The van der Waals surface area contributed by atoms with Crippen molar-refractivity contribution in [2.24, 2.45) is 4.99 Å². The summed E-state index contributed by atoms with van der Waals surface area (Å²) in [6.07, 6.45) is 10.3. The van der Waals surface area contributed by atoms with Crippen molar-refractivity contribution in [1.82, 2.24) is 19.3 Å². The summed E-state index contributed by atoms with van der Waals surface area (Å²) in [5.74, 6) is 2.20. The summed E-state index contributed by atoms with van der Waals surface area (Å²) in [5, 5.41) is 4.57. The first kappa shape index (κ1) is 25.6. The molecule has 0 unspecified atom stereocenters. The molecule has 9 heteroatoms. The normalized spacial score (nSPS) is 15.7. The van der Waals surface area contributed by atoms with Crippen LogP contribution >= 0.6 is 11.6 Å². The van der Waals surface area contributed by atoms with Gasteiger partial charge in [0.15, 0.2) is 5.82 Å². The second-order valence-electron chi connectivity index (χ2n) is 10.1. The molecule has 8 nitrogen and oxygen atoms in total. The van der Waals surface area contributed by atoms with Crippen molar-refractivity contribution < 1.29 is 4.52 Å². The van der Waals surface area contributed by atoms with Crippen LogP contribution in [0, 0.1) is 0 Å². The van der Waals surface area contributed by atoms with Crippen LogP contribution in [0.25, 0.3) is 11.5 Å². The van der Waals surface area contributed by atoms with Crippen molar-refractivity contribution in [3.8, 4) is 11.5 Å². The topological polar surface area (TPSA) is 95.3 Å². The van der Waals surface area contributed by atoms with Gasteiger partial charge in [0.1, 0.15) is 11.0 Å². The zero-order chi connectivity index (χ0) is 25.8. The zero-order valence-corrected chi connectivity index (χ0v) is 22.2. The fourth-order valence-corrected chi connectivity index (χ4v) is 5.74. The minimum Gasteiger partial charge on any atom is -0.334 e. The van der Waals surface area contributed by atoms with E-state index in [1.165, 1.54) is 42.2 Å². The molecule has 37 heavy (non-hydrogen) atoms. The predicted molar refractivity (Wildman–Crippen MR) is 145 cm³/mol. The number of hydrogen-bond acceptors (Lipinski definition) is 6. The van der Waals surface area contributed by atoms with Gasteiger partial charge in [0.25, 0.3) is 11.4 Å². The van der Waals surface area contributed by atoms with Crippen molar-refractivity contribution in [2.75, 3.05) is 0 Å². The van der Waals surface area contributed by atoms with Crippen LogP contribution < -0.4 is 11.2 Å². The molecule has 5 rings (SSSR count). The highest BCUT2D eigenvalue weighted by Gasteiger charge is 2.25. The Morgan fingerprint density at radius 2 is 1.81 bits per heavy atom. The lowest BCUT2D eigenvalue weighted by Gasteiger charge is -2.23. The van der Waals surface area contributed by atoms with Crippen LogP contribution in [-0.4, -0.2) is 24.4 Å². The number of aryl methyl sites for hydroxylation is 1. The molecule has 196 valence electrons. The monoisotopic (exact) mass is 523 g/mol. The first-order valence-corrected chi connectivity index (χ1v) is 14.0. The molecular weight excluding hydrogens is 490 g/mol. The summed E-state index contributed by atoms with van der Waals surface area (Å²) in [6.45, 7) is 2.93. The smallest absolute Gasteiger partial charge is 0.332 e. The van der Waals surface area contributed by atoms with Gasteiger partial charge in [0.2, 0.25) is 0 Å². The maximum atomic E-state index is 13.1. The van der Waals surface area contributed by atoms with Gasteiger partial charge in [-0.15, -0.1) is 0 Å². The van der Waals surface area contributed by atoms with E-state index in [4.69, 9.17) is 16.1 Å². The van der Waals surface area contributed by atoms with Crippen LogP contribution in [0.1, 0.15) is 87.6 Å². The molecule has 0 radical (unpaired) electrons. The van der Waals surface area contributed by atoms with Crippen LogP contribution in [0.5, 0.6) is 0 Å². The Kier molecular flexibility index (Phi) is 8.03. The summed E-state index contributed by atoms with van der Waals surface area (Å²) < 4.78 is 8.59. The van der Waals surface area contributed by atoms with Crippen molar-refractivity contribution in [1.29, 1.82) is 0 Å². The molecule has 0 saturated heterocycles. The van der Waals surface area contributed by atoms with Crippen molar-refractivity contribution in [2.45, 2.75) is 96.6 Å². The Morgan fingerprint density at radius 1 is 1.03 bits per heavy atom. The highest BCUT2D eigenvalue weighted by Crippen LogP contribution is 2.37. The SMILES string of the molecule is CCCCn1c2c(c(=O)n(CCCCc3noc(-c4ccccc4C4CCCCC4)n3)c1=O)CC(Cl)=N2. The molecule has 1 aliphatic carbocycles. The summed E-state index contributed by atoms with van der Waals surface area (Å²) in [5.41, 5.74) is 2.25. The van der Waals surface area contributed by atoms with Crippen molar-refractivity contribution >= 4 is 22.6 Å². The average molecular weight is 524 g/mol. The van der Waals surface area contributed by atoms with Gasteiger partial charge in [-0.3, -0.25) is 13.9 Å². The van der Waals surface area contributed by atoms with E-state index in [1.807, 2.05) is 6.07 Å². The van der Waals surface area contributed by atoms with E-state index in [0.29, 0.717) is 60.1 Å². The van der Waals surface area contributed by atoms with Gasteiger partial charge in [-0.2, -0.15) is 4.98 Å². The molecule has 0 bridgehead atoms. The Bertz CT molecular complexity index is 1400. The molecule has 0 atom stereocenters. The van der Waals surface area contributed by atoms with Gasteiger partial charge < -0.3 is 4.52 Å². The van der Waals surface area contributed by atoms with Crippen LogP contribution in [0.2, 0.25) is 0 Å². The maximum absolute atomic E-state index is 13.1. The lowest BCUT2D eigenvalue weighted by Crippen LogP contribution is -2.41. The zero-order valence-electron chi connectivity index (χ0n) is 21.4. The van der Waals surface area contributed by atoms with E-state index < -0.39 is 0 Å². The second kappa shape index (κ2) is 11.6. The number of rotatable bonds is 10. The molecule has 2 aromatic heterocycles. The van der Waals surface area contributed by atoms with Gasteiger partial charge in [0.05, 0.1) is 5.56 Å². The molecule has 0 N–H and O–H groups in total.